The summed E-state index contributed by atoms with van der Waals surface area (Å²) in [5, 5.41) is 2.94. The van der Waals surface area contributed by atoms with Gasteiger partial charge in [-0.15, -0.1) is 11.3 Å². The minimum atomic E-state index is 0.675. The van der Waals surface area contributed by atoms with E-state index in [1.165, 1.54) is 0 Å². The van der Waals surface area contributed by atoms with Gasteiger partial charge in [0.05, 0.1) is 12.3 Å². The van der Waals surface area contributed by atoms with Crippen molar-refractivity contribution in [3.8, 4) is 16.3 Å². The van der Waals surface area contributed by atoms with Crippen molar-refractivity contribution < 1.29 is 4.74 Å². The molecule has 0 saturated heterocycles. The molecule has 1 heterocycles. The van der Waals surface area contributed by atoms with Crippen LogP contribution < -0.4 is 10.5 Å². The first kappa shape index (κ1) is 11.9. The Bertz CT molecular complexity index is 468. The van der Waals surface area contributed by atoms with Gasteiger partial charge in [0, 0.05) is 17.1 Å². The Morgan fingerprint density at radius 3 is 2.94 bits per heavy atom. The van der Waals surface area contributed by atoms with E-state index in [0.717, 1.165) is 35.8 Å². The highest BCUT2D eigenvalue weighted by Gasteiger charge is 2.05. The quantitative estimate of drug-likeness (QED) is 0.650. The van der Waals surface area contributed by atoms with Crippen molar-refractivity contribution >= 4 is 17.0 Å². The van der Waals surface area contributed by atoms with Gasteiger partial charge in [0.1, 0.15) is 10.8 Å². The van der Waals surface area contributed by atoms with Crippen LogP contribution in [-0.2, 0) is 0 Å². The van der Waals surface area contributed by atoms with Crippen molar-refractivity contribution in [2.24, 2.45) is 0 Å². The number of anilines is 1. The zero-order valence-corrected chi connectivity index (χ0v) is 10.7. The Morgan fingerprint density at radius 2 is 2.29 bits per heavy atom. The van der Waals surface area contributed by atoms with Crippen LogP contribution in [0, 0.1) is 0 Å². The lowest BCUT2D eigenvalue weighted by Gasteiger charge is -2.09. The topological polar surface area (TPSA) is 48.1 Å². The Kier molecular flexibility index (Phi) is 3.98. The molecule has 90 valence electrons. The number of benzene rings is 1. The molecule has 2 rings (SSSR count). The molecule has 17 heavy (non-hydrogen) atoms. The lowest BCUT2D eigenvalue weighted by Crippen LogP contribution is -1.99. The van der Waals surface area contributed by atoms with Crippen molar-refractivity contribution in [1.29, 1.82) is 0 Å². The monoisotopic (exact) mass is 248 g/mol. The summed E-state index contributed by atoms with van der Waals surface area (Å²) < 4.78 is 5.61. The summed E-state index contributed by atoms with van der Waals surface area (Å²) in [5.74, 6) is 0.763. The number of hydrogen-bond donors (Lipinski definition) is 1. The van der Waals surface area contributed by atoms with E-state index >= 15 is 0 Å². The van der Waals surface area contributed by atoms with Crippen LogP contribution in [0.25, 0.3) is 10.6 Å². The number of nitrogens with zero attached hydrogens (tertiary/aromatic N) is 1. The van der Waals surface area contributed by atoms with E-state index in [9.17, 15) is 0 Å². The average molecular weight is 248 g/mol. The predicted molar refractivity (Wildman–Crippen MR) is 72.4 cm³/mol. The van der Waals surface area contributed by atoms with Gasteiger partial charge >= 0.3 is 0 Å². The largest absolute Gasteiger partial charge is 0.491 e. The molecule has 0 radical (unpaired) electrons. The fraction of sp³-hybridized carbons (Fsp3) is 0.308. The minimum absolute atomic E-state index is 0.675. The molecule has 4 heteroatoms. The van der Waals surface area contributed by atoms with Crippen LogP contribution in [0.4, 0.5) is 5.69 Å². The molecular formula is C13H16N2OS. The Hall–Kier alpha value is -1.55. The summed E-state index contributed by atoms with van der Waals surface area (Å²) in [5.41, 5.74) is 7.68. The van der Waals surface area contributed by atoms with Crippen LogP contribution >= 0.6 is 11.3 Å². The molecule has 0 aliphatic rings. The van der Waals surface area contributed by atoms with Crippen LogP contribution in [0.2, 0.25) is 0 Å². The van der Waals surface area contributed by atoms with Crippen molar-refractivity contribution in [3.63, 3.8) is 0 Å². The van der Waals surface area contributed by atoms with Gasteiger partial charge < -0.3 is 10.5 Å². The van der Waals surface area contributed by atoms with Crippen molar-refractivity contribution in [2.75, 3.05) is 12.3 Å². The van der Waals surface area contributed by atoms with Crippen LogP contribution in [0.15, 0.2) is 29.8 Å². The Labute approximate surface area is 105 Å². The van der Waals surface area contributed by atoms with Gasteiger partial charge in [0.15, 0.2) is 0 Å². The van der Waals surface area contributed by atoms with E-state index in [1.54, 1.807) is 17.5 Å². The standard InChI is InChI=1S/C13H16N2OS/c1-2-3-7-16-12-5-4-10(9-11(12)14)13-15-6-8-17-13/h4-6,8-9H,2-3,7,14H2,1H3. The van der Waals surface area contributed by atoms with Gasteiger partial charge in [0.25, 0.3) is 0 Å². The highest BCUT2D eigenvalue weighted by atomic mass is 32.1. The van der Waals surface area contributed by atoms with Gasteiger partial charge in [-0.05, 0) is 24.6 Å². The molecule has 0 aliphatic heterocycles. The summed E-state index contributed by atoms with van der Waals surface area (Å²) in [6.07, 6.45) is 3.96. The van der Waals surface area contributed by atoms with Crippen LogP contribution in [0.5, 0.6) is 5.75 Å². The maximum atomic E-state index is 5.96. The number of nitrogens with two attached hydrogens (primary N) is 1. The molecule has 0 bridgehead atoms. The summed E-state index contributed by atoms with van der Waals surface area (Å²) in [7, 11) is 0. The summed E-state index contributed by atoms with van der Waals surface area (Å²) >= 11 is 1.60. The maximum absolute atomic E-state index is 5.96. The zero-order chi connectivity index (χ0) is 12.1. The minimum Gasteiger partial charge on any atom is -0.491 e. The second-order valence-electron chi connectivity index (χ2n) is 3.79. The number of hydrogen-bond acceptors (Lipinski definition) is 4. The first-order chi connectivity index (χ1) is 8.31. The molecule has 2 aromatic rings. The van der Waals surface area contributed by atoms with Crippen molar-refractivity contribution in [2.45, 2.75) is 19.8 Å². The molecular weight excluding hydrogens is 232 g/mol. The molecule has 0 aliphatic carbocycles. The second kappa shape index (κ2) is 5.68. The third-order valence-corrected chi connectivity index (χ3v) is 3.27. The van der Waals surface area contributed by atoms with E-state index in [-0.39, 0.29) is 0 Å². The third kappa shape index (κ3) is 2.97. The molecule has 0 atom stereocenters. The summed E-state index contributed by atoms with van der Waals surface area (Å²) in [6.45, 7) is 2.86. The Morgan fingerprint density at radius 1 is 1.41 bits per heavy atom. The fourth-order valence-corrected chi connectivity index (χ4v) is 2.14. The van der Waals surface area contributed by atoms with Crippen LogP contribution in [-0.4, -0.2) is 11.6 Å². The van der Waals surface area contributed by atoms with Gasteiger partial charge in [0.2, 0.25) is 0 Å². The first-order valence-electron chi connectivity index (χ1n) is 5.73. The second-order valence-corrected chi connectivity index (χ2v) is 4.69. The molecule has 1 aromatic heterocycles. The highest BCUT2D eigenvalue weighted by molar-refractivity contribution is 7.13. The number of rotatable bonds is 5. The Balaban J connectivity index is 2.12. The normalized spacial score (nSPS) is 10.4. The average Bonchev–Trinajstić information content (AvgIpc) is 2.85. The van der Waals surface area contributed by atoms with E-state index in [2.05, 4.69) is 11.9 Å². The fourth-order valence-electron chi connectivity index (χ4n) is 1.51. The van der Waals surface area contributed by atoms with Crippen molar-refractivity contribution in [3.05, 3.63) is 29.8 Å². The van der Waals surface area contributed by atoms with Gasteiger partial charge in [-0.1, -0.05) is 13.3 Å². The molecule has 0 amide bonds. The summed E-state index contributed by atoms with van der Waals surface area (Å²) in [4.78, 5) is 4.25. The van der Waals surface area contributed by atoms with E-state index in [1.807, 2.05) is 23.6 Å². The molecule has 3 nitrogen and oxygen atoms in total. The highest BCUT2D eigenvalue weighted by Crippen LogP contribution is 2.29. The predicted octanol–water partition coefficient (Wildman–Crippen LogP) is 3.57. The number of thiazole rings is 1. The lowest BCUT2D eigenvalue weighted by atomic mass is 10.2. The molecule has 0 fully saturated rings. The van der Waals surface area contributed by atoms with Crippen LogP contribution in [0.3, 0.4) is 0 Å². The summed E-state index contributed by atoms with van der Waals surface area (Å²) in [6, 6.07) is 5.83. The van der Waals surface area contributed by atoms with E-state index in [0.29, 0.717) is 5.69 Å². The smallest absolute Gasteiger partial charge is 0.142 e. The third-order valence-electron chi connectivity index (χ3n) is 2.44. The number of unbranched alkanes of at least 4 members (excludes halogenated alkanes) is 1. The van der Waals surface area contributed by atoms with E-state index < -0.39 is 0 Å². The number of aromatic nitrogens is 1. The van der Waals surface area contributed by atoms with Gasteiger partial charge in [-0.3, -0.25) is 0 Å². The number of nitrogen functional groups attached to an aromatic ring is 1. The molecule has 2 N–H and O–H groups in total. The maximum Gasteiger partial charge on any atom is 0.142 e. The van der Waals surface area contributed by atoms with Crippen LogP contribution in [0.1, 0.15) is 19.8 Å². The van der Waals surface area contributed by atoms with Crippen molar-refractivity contribution in [1.82, 2.24) is 4.98 Å². The first-order valence-corrected chi connectivity index (χ1v) is 6.61. The number of ether oxygens (including phenoxy) is 1. The molecule has 0 spiro atoms. The molecule has 1 aromatic carbocycles. The molecule has 0 unspecified atom stereocenters. The van der Waals surface area contributed by atoms with Gasteiger partial charge in [-0.25, -0.2) is 4.98 Å². The van der Waals surface area contributed by atoms with E-state index in [4.69, 9.17) is 10.5 Å². The molecule has 0 saturated carbocycles. The van der Waals surface area contributed by atoms with Gasteiger partial charge in [-0.2, -0.15) is 0 Å². The lowest BCUT2D eigenvalue weighted by molar-refractivity contribution is 0.311. The SMILES string of the molecule is CCCCOc1ccc(-c2nccs2)cc1N. The zero-order valence-electron chi connectivity index (χ0n) is 9.85.